The fourth-order valence-corrected chi connectivity index (χ4v) is 3.52. The molecule has 0 aliphatic rings. The summed E-state index contributed by atoms with van der Waals surface area (Å²) in [5.41, 5.74) is 5.05. The summed E-state index contributed by atoms with van der Waals surface area (Å²) in [4.78, 5) is 5.47. The van der Waals surface area contributed by atoms with Crippen molar-refractivity contribution >= 4 is 17.6 Å². The topological polar surface area (TPSA) is 48.1 Å². The van der Waals surface area contributed by atoms with Crippen LogP contribution in [-0.2, 0) is 0 Å². The second-order valence-corrected chi connectivity index (χ2v) is 7.55. The van der Waals surface area contributed by atoms with E-state index in [1.807, 2.05) is 53.5 Å². The summed E-state index contributed by atoms with van der Waals surface area (Å²) in [5, 5.41) is 6.77. The first kappa shape index (κ1) is 20.6. The molecule has 0 aliphatic carbocycles. The highest BCUT2D eigenvalue weighted by molar-refractivity contribution is 7.07. The summed E-state index contributed by atoms with van der Waals surface area (Å²) < 4.78 is 12.8. The van der Waals surface area contributed by atoms with Crippen LogP contribution in [0.1, 0.15) is 18.1 Å². The minimum absolute atomic E-state index is 0.555. The molecule has 6 heteroatoms. The van der Waals surface area contributed by atoms with E-state index in [-0.39, 0.29) is 0 Å². The van der Waals surface area contributed by atoms with Gasteiger partial charge in [0.1, 0.15) is 11.5 Å². The molecule has 0 aliphatic heterocycles. The molecule has 0 bridgehead atoms. The predicted molar refractivity (Wildman–Crippen MR) is 120 cm³/mol. The Balaban J connectivity index is 2.11. The maximum Gasteiger partial charge on any atom is 0.206 e. The molecule has 5 nitrogen and oxygen atoms in total. The smallest absolute Gasteiger partial charge is 0.206 e. The zero-order chi connectivity index (χ0) is 20.8. The van der Waals surface area contributed by atoms with Crippen molar-refractivity contribution in [3.8, 4) is 22.8 Å². The largest absolute Gasteiger partial charge is 0.497 e. The first-order chi connectivity index (χ1) is 14.0. The molecular formula is C23H25N3O2S. The Morgan fingerprint density at radius 2 is 1.90 bits per heavy atom. The average Bonchev–Trinajstić information content (AvgIpc) is 3.13. The Kier molecular flexibility index (Phi) is 6.67. The molecule has 0 atom stereocenters. The number of rotatable bonds is 7. The van der Waals surface area contributed by atoms with Crippen LogP contribution in [0.2, 0.25) is 0 Å². The van der Waals surface area contributed by atoms with Crippen LogP contribution in [0, 0.1) is 6.92 Å². The lowest BCUT2D eigenvalue weighted by Crippen LogP contribution is -2.13. The molecule has 0 spiro atoms. The highest BCUT2D eigenvalue weighted by atomic mass is 32.1. The second-order valence-electron chi connectivity index (χ2n) is 6.71. The van der Waals surface area contributed by atoms with E-state index in [4.69, 9.17) is 14.6 Å². The Hall–Kier alpha value is -3.12. The number of aryl methyl sites for hydroxylation is 1. The van der Waals surface area contributed by atoms with E-state index in [0.717, 1.165) is 32.9 Å². The predicted octanol–water partition coefficient (Wildman–Crippen LogP) is 4.90. The maximum atomic E-state index is 5.60. The monoisotopic (exact) mass is 407 g/mol. The van der Waals surface area contributed by atoms with Crippen LogP contribution < -0.4 is 14.3 Å². The van der Waals surface area contributed by atoms with Crippen molar-refractivity contribution < 1.29 is 9.47 Å². The van der Waals surface area contributed by atoms with E-state index < -0.39 is 0 Å². The van der Waals surface area contributed by atoms with Crippen molar-refractivity contribution in [2.75, 3.05) is 20.8 Å². The third-order valence-electron chi connectivity index (χ3n) is 4.25. The van der Waals surface area contributed by atoms with Crippen LogP contribution in [0.3, 0.4) is 0 Å². The summed E-state index contributed by atoms with van der Waals surface area (Å²) in [6.07, 6.45) is 1.84. The number of aromatic nitrogens is 1. The van der Waals surface area contributed by atoms with Crippen molar-refractivity contribution in [2.24, 2.45) is 10.1 Å². The molecule has 0 fully saturated rings. The van der Waals surface area contributed by atoms with E-state index >= 15 is 0 Å². The van der Waals surface area contributed by atoms with Crippen LogP contribution in [0.25, 0.3) is 11.3 Å². The summed E-state index contributed by atoms with van der Waals surface area (Å²) in [5.74, 6) is 1.45. The van der Waals surface area contributed by atoms with E-state index in [1.54, 1.807) is 14.2 Å². The Morgan fingerprint density at radius 1 is 1.14 bits per heavy atom. The third kappa shape index (κ3) is 5.03. The van der Waals surface area contributed by atoms with Crippen molar-refractivity contribution in [1.82, 2.24) is 4.68 Å². The zero-order valence-corrected chi connectivity index (χ0v) is 18.0. The zero-order valence-electron chi connectivity index (χ0n) is 17.2. The molecule has 0 radical (unpaired) electrons. The molecule has 3 aromatic rings. The molecule has 29 heavy (non-hydrogen) atoms. The fraction of sp³-hybridized carbons (Fsp3) is 0.217. The molecule has 1 aromatic heterocycles. The highest BCUT2D eigenvalue weighted by Crippen LogP contribution is 2.33. The highest BCUT2D eigenvalue weighted by Gasteiger charge is 2.13. The normalized spacial score (nSPS) is 11.8. The molecule has 0 amide bonds. The van der Waals surface area contributed by atoms with Crippen molar-refractivity contribution in [3.05, 3.63) is 75.9 Å². The van der Waals surface area contributed by atoms with E-state index in [2.05, 4.69) is 30.6 Å². The Morgan fingerprint density at radius 3 is 2.55 bits per heavy atom. The number of benzene rings is 2. The second kappa shape index (κ2) is 9.39. The Labute approximate surface area is 175 Å². The van der Waals surface area contributed by atoms with Gasteiger partial charge in [0.25, 0.3) is 0 Å². The molecule has 0 saturated heterocycles. The molecular weight excluding hydrogens is 382 g/mol. The molecule has 1 heterocycles. The first-order valence-corrected chi connectivity index (χ1v) is 10.1. The summed E-state index contributed by atoms with van der Waals surface area (Å²) >= 11 is 1.53. The standard InChI is InChI=1S/C23H25N3O2S/c1-16(2)13-24-23-26(25-14-18-8-6-17(3)7-9-18)21(15-29-23)20-11-10-19(27-4)12-22(20)28-5/h6-12,14-15H,1,13H2,2-5H3. The van der Waals surface area contributed by atoms with Gasteiger partial charge in [0, 0.05) is 17.0 Å². The van der Waals surface area contributed by atoms with Gasteiger partial charge >= 0.3 is 0 Å². The van der Waals surface area contributed by atoms with Gasteiger partial charge in [0.15, 0.2) is 0 Å². The van der Waals surface area contributed by atoms with Gasteiger partial charge in [-0.05, 0) is 31.5 Å². The van der Waals surface area contributed by atoms with Crippen LogP contribution >= 0.6 is 11.3 Å². The van der Waals surface area contributed by atoms with Gasteiger partial charge in [-0.25, -0.2) is 4.68 Å². The minimum atomic E-state index is 0.555. The molecule has 0 N–H and O–H groups in total. The number of thiazole rings is 1. The lowest BCUT2D eigenvalue weighted by Gasteiger charge is -2.11. The number of ether oxygens (including phenoxy) is 2. The van der Waals surface area contributed by atoms with Crippen molar-refractivity contribution in [3.63, 3.8) is 0 Å². The number of hydrogen-bond donors (Lipinski definition) is 0. The van der Waals surface area contributed by atoms with Gasteiger partial charge in [0.05, 0.1) is 32.7 Å². The first-order valence-electron chi connectivity index (χ1n) is 9.20. The quantitative estimate of drug-likeness (QED) is 0.413. The number of methoxy groups -OCH3 is 2. The number of hydrogen-bond acceptors (Lipinski definition) is 5. The average molecular weight is 408 g/mol. The van der Waals surface area contributed by atoms with E-state index in [0.29, 0.717) is 12.3 Å². The molecule has 0 unspecified atom stereocenters. The van der Waals surface area contributed by atoms with Crippen LogP contribution in [0.4, 0.5) is 0 Å². The fourth-order valence-electron chi connectivity index (χ4n) is 2.69. The summed E-state index contributed by atoms with van der Waals surface area (Å²) in [6.45, 7) is 8.53. The SMILES string of the molecule is C=C(C)CN=c1scc(-c2ccc(OC)cc2OC)n1N=Cc1ccc(C)cc1. The lowest BCUT2D eigenvalue weighted by atomic mass is 10.1. The van der Waals surface area contributed by atoms with Gasteiger partial charge in [0.2, 0.25) is 4.80 Å². The van der Waals surface area contributed by atoms with Crippen molar-refractivity contribution in [2.45, 2.75) is 13.8 Å². The molecule has 2 aromatic carbocycles. The molecule has 3 rings (SSSR count). The van der Waals surface area contributed by atoms with Gasteiger partial charge < -0.3 is 9.47 Å². The summed E-state index contributed by atoms with van der Waals surface area (Å²) in [6, 6.07) is 14.0. The van der Waals surface area contributed by atoms with Gasteiger partial charge in [-0.1, -0.05) is 42.0 Å². The Bertz CT molecular complexity index is 1090. The van der Waals surface area contributed by atoms with Crippen molar-refractivity contribution in [1.29, 1.82) is 0 Å². The summed E-state index contributed by atoms with van der Waals surface area (Å²) in [7, 11) is 3.29. The lowest BCUT2D eigenvalue weighted by molar-refractivity contribution is 0.395. The molecule has 0 saturated carbocycles. The van der Waals surface area contributed by atoms with Gasteiger partial charge in [-0.3, -0.25) is 4.99 Å². The van der Waals surface area contributed by atoms with Crippen LogP contribution in [0.5, 0.6) is 11.5 Å². The van der Waals surface area contributed by atoms with E-state index in [9.17, 15) is 0 Å². The van der Waals surface area contributed by atoms with Crippen LogP contribution in [-0.4, -0.2) is 31.7 Å². The van der Waals surface area contributed by atoms with Gasteiger partial charge in [-0.2, -0.15) is 5.10 Å². The maximum absolute atomic E-state index is 5.60. The van der Waals surface area contributed by atoms with Gasteiger partial charge in [-0.15, -0.1) is 11.3 Å². The number of nitrogens with zero attached hydrogens (tertiary/aromatic N) is 3. The third-order valence-corrected chi connectivity index (χ3v) is 5.11. The molecule has 150 valence electrons. The van der Waals surface area contributed by atoms with Crippen LogP contribution in [0.15, 0.2) is 70.1 Å². The minimum Gasteiger partial charge on any atom is -0.497 e. The van der Waals surface area contributed by atoms with E-state index in [1.165, 1.54) is 16.9 Å².